The van der Waals surface area contributed by atoms with Gasteiger partial charge in [0.15, 0.2) is 5.76 Å². The van der Waals surface area contributed by atoms with Gasteiger partial charge in [-0.1, -0.05) is 49.3 Å². The first-order valence-electron chi connectivity index (χ1n) is 15.4. The molecule has 0 unspecified atom stereocenters. The van der Waals surface area contributed by atoms with Gasteiger partial charge in [-0.2, -0.15) is 4.98 Å². The molecule has 3 atom stereocenters. The van der Waals surface area contributed by atoms with Crippen molar-refractivity contribution in [2.24, 2.45) is 5.92 Å². The maximum Gasteiger partial charge on any atom is 0.245 e. The van der Waals surface area contributed by atoms with Crippen molar-refractivity contribution in [2.45, 2.75) is 64.6 Å². The van der Waals surface area contributed by atoms with E-state index in [1.807, 2.05) is 30.3 Å². The largest absolute Gasteiger partial charge is 0.461 e. The fourth-order valence-corrected chi connectivity index (χ4v) is 5.10. The fourth-order valence-electron chi connectivity index (χ4n) is 5.10. The summed E-state index contributed by atoms with van der Waals surface area (Å²) in [5, 5.41) is 12.3. The molecule has 3 N–H and O–H groups in total. The molecule has 14 nitrogen and oxygen atoms in total. The van der Waals surface area contributed by atoms with E-state index in [1.165, 1.54) is 23.1 Å². The second-order valence-corrected chi connectivity index (χ2v) is 11.6. The van der Waals surface area contributed by atoms with Gasteiger partial charge < -0.3 is 34.7 Å². The molecule has 0 spiro atoms. The predicted octanol–water partition coefficient (Wildman–Crippen LogP) is 1.33. The zero-order chi connectivity index (χ0) is 33.2. The number of amides is 5. The highest BCUT2D eigenvalue weighted by Gasteiger charge is 2.33. The average Bonchev–Trinajstić information content (AvgIpc) is 3.74. The zero-order valence-corrected chi connectivity index (χ0v) is 26.5. The van der Waals surface area contributed by atoms with Crippen molar-refractivity contribution in [1.82, 2.24) is 35.9 Å². The highest BCUT2D eigenvalue weighted by atomic mass is 16.5. The molecule has 1 aliphatic rings. The van der Waals surface area contributed by atoms with Gasteiger partial charge in [0.25, 0.3) is 0 Å². The first-order valence-corrected chi connectivity index (χ1v) is 15.4. The Morgan fingerprint density at radius 2 is 1.80 bits per heavy atom. The number of aryl methyl sites for hydroxylation is 1. The van der Waals surface area contributed by atoms with E-state index in [4.69, 9.17) is 8.94 Å². The molecule has 0 radical (unpaired) electrons. The summed E-state index contributed by atoms with van der Waals surface area (Å²) in [7, 11) is 1.47. The highest BCUT2D eigenvalue weighted by Crippen LogP contribution is 2.17. The Labute approximate surface area is 267 Å². The van der Waals surface area contributed by atoms with Crippen LogP contribution in [0.4, 0.5) is 0 Å². The van der Waals surface area contributed by atoms with Crippen LogP contribution in [0, 0.1) is 5.92 Å². The Bertz CT molecular complexity index is 1490. The second-order valence-electron chi connectivity index (χ2n) is 11.6. The van der Waals surface area contributed by atoms with Gasteiger partial charge in [0.1, 0.15) is 18.1 Å². The van der Waals surface area contributed by atoms with Crippen LogP contribution in [0.15, 0.2) is 57.7 Å². The van der Waals surface area contributed by atoms with Crippen molar-refractivity contribution in [3.8, 4) is 11.6 Å². The Hall–Kier alpha value is -5.01. The number of carbonyl (C=O) groups excluding carboxylic acids is 5. The van der Waals surface area contributed by atoms with Crippen molar-refractivity contribution in [2.75, 3.05) is 26.7 Å². The number of hydrogen-bond acceptors (Lipinski definition) is 9. The summed E-state index contributed by atoms with van der Waals surface area (Å²) >= 11 is 0. The smallest absolute Gasteiger partial charge is 0.245 e. The van der Waals surface area contributed by atoms with E-state index in [2.05, 4.69) is 26.1 Å². The summed E-state index contributed by atoms with van der Waals surface area (Å²) in [4.78, 5) is 73.5. The molecule has 1 saturated heterocycles. The van der Waals surface area contributed by atoms with E-state index < -0.39 is 41.8 Å². The molecule has 5 amide bonds. The normalized spacial score (nSPS) is 20.8. The van der Waals surface area contributed by atoms with Gasteiger partial charge in [0.2, 0.25) is 41.3 Å². The third-order valence-corrected chi connectivity index (χ3v) is 7.73. The summed E-state index contributed by atoms with van der Waals surface area (Å²) in [6.45, 7) is 5.18. The van der Waals surface area contributed by atoms with E-state index in [-0.39, 0.29) is 62.4 Å². The summed E-state index contributed by atoms with van der Waals surface area (Å²) in [6, 6.07) is 9.90. The molecule has 1 aliphatic heterocycles. The molecular weight excluding hydrogens is 594 g/mol. The first kappa shape index (κ1) is 33.9. The van der Waals surface area contributed by atoms with Crippen molar-refractivity contribution in [1.29, 1.82) is 0 Å². The molecular formula is C32H41N7O7. The summed E-state index contributed by atoms with van der Waals surface area (Å²) < 4.78 is 10.6. The highest BCUT2D eigenvalue weighted by molar-refractivity contribution is 5.94. The van der Waals surface area contributed by atoms with Crippen LogP contribution in [0.5, 0.6) is 0 Å². The molecule has 2 aromatic heterocycles. The van der Waals surface area contributed by atoms with E-state index in [9.17, 15) is 24.0 Å². The molecule has 3 aromatic rings. The van der Waals surface area contributed by atoms with Crippen LogP contribution >= 0.6 is 0 Å². The van der Waals surface area contributed by atoms with Crippen LogP contribution in [0.3, 0.4) is 0 Å². The molecule has 1 aromatic carbocycles. The third kappa shape index (κ3) is 9.02. The van der Waals surface area contributed by atoms with Crippen molar-refractivity contribution in [3.05, 3.63) is 60.2 Å². The van der Waals surface area contributed by atoms with Crippen LogP contribution in [0.1, 0.15) is 45.1 Å². The lowest BCUT2D eigenvalue weighted by molar-refractivity contribution is -0.143. The van der Waals surface area contributed by atoms with Gasteiger partial charge in [-0.25, -0.2) is 0 Å². The van der Waals surface area contributed by atoms with Crippen molar-refractivity contribution in [3.63, 3.8) is 0 Å². The fraction of sp³-hybridized carbons (Fsp3) is 0.469. The molecule has 14 heteroatoms. The van der Waals surface area contributed by atoms with Gasteiger partial charge in [0, 0.05) is 39.4 Å². The number of rotatable bonds is 7. The SMILES string of the molecule is CC(C)[C@@H]1NC(=O)[C@@H](C)N(C(=O)CCc2nc(-c3ccco3)no2)CCCNC(=O)[C@H](Cc2ccccc2)NC(=O)CN(C)C1=O. The number of nitrogens with one attached hydrogen (secondary N) is 3. The topological polar surface area (TPSA) is 180 Å². The predicted molar refractivity (Wildman–Crippen MR) is 166 cm³/mol. The molecule has 3 heterocycles. The zero-order valence-electron chi connectivity index (χ0n) is 26.5. The van der Waals surface area contributed by atoms with E-state index in [0.29, 0.717) is 12.2 Å². The lowest BCUT2D eigenvalue weighted by Gasteiger charge is -2.32. The maximum absolute atomic E-state index is 13.5. The van der Waals surface area contributed by atoms with Gasteiger partial charge in [-0.05, 0) is 37.0 Å². The Balaban J connectivity index is 1.52. The van der Waals surface area contributed by atoms with Crippen LogP contribution in [-0.4, -0.2) is 94.3 Å². The Morgan fingerprint density at radius 1 is 1.04 bits per heavy atom. The Kier molecular flexibility index (Phi) is 11.7. The number of furan rings is 1. The minimum Gasteiger partial charge on any atom is -0.461 e. The Morgan fingerprint density at radius 3 is 2.50 bits per heavy atom. The van der Waals surface area contributed by atoms with Crippen molar-refractivity contribution >= 4 is 29.5 Å². The lowest BCUT2D eigenvalue weighted by Crippen LogP contribution is -2.57. The third-order valence-electron chi connectivity index (χ3n) is 7.73. The minimum absolute atomic E-state index is 0.0236. The standard InChI is InChI=1S/C32H41N7O7/c1-20(2)28-32(44)38(4)19-25(40)34-23(18-22-10-6-5-7-11-22)31(43)33-15-9-16-39(21(3)30(42)36-28)27(41)14-13-26-35-29(37-46-26)24-12-8-17-45-24/h5-8,10-12,17,20-21,23,28H,9,13-16,18-19H2,1-4H3,(H,33,43)(H,34,40)(H,36,42)/t21-,23+,28+/m1/s1. The van der Waals surface area contributed by atoms with Crippen LogP contribution in [0.25, 0.3) is 11.6 Å². The van der Waals surface area contributed by atoms with Gasteiger partial charge in [0.05, 0.1) is 12.8 Å². The average molecular weight is 636 g/mol. The summed E-state index contributed by atoms with van der Waals surface area (Å²) in [6.07, 6.45) is 2.18. The van der Waals surface area contributed by atoms with Crippen LogP contribution < -0.4 is 16.0 Å². The number of nitrogens with zero attached hydrogens (tertiary/aromatic N) is 4. The van der Waals surface area contributed by atoms with Gasteiger partial charge in [-0.3, -0.25) is 24.0 Å². The van der Waals surface area contributed by atoms with Crippen LogP contribution in [0.2, 0.25) is 0 Å². The molecule has 0 bridgehead atoms. The molecule has 0 saturated carbocycles. The molecule has 246 valence electrons. The number of benzene rings is 1. The first-order chi connectivity index (χ1) is 22.0. The maximum atomic E-state index is 13.5. The van der Waals surface area contributed by atoms with Crippen LogP contribution in [-0.2, 0) is 36.8 Å². The van der Waals surface area contributed by atoms with Crippen molar-refractivity contribution < 1.29 is 32.9 Å². The van der Waals surface area contributed by atoms with E-state index >= 15 is 0 Å². The van der Waals surface area contributed by atoms with Gasteiger partial charge >= 0.3 is 0 Å². The monoisotopic (exact) mass is 635 g/mol. The molecule has 1 fully saturated rings. The van der Waals surface area contributed by atoms with E-state index in [1.54, 1.807) is 32.9 Å². The molecule has 46 heavy (non-hydrogen) atoms. The number of aromatic nitrogens is 2. The number of likely N-dealkylation sites (N-methyl/N-ethyl adjacent to an activating group) is 1. The molecule has 4 rings (SSSR count). The van der Waals surface area contributed by atoms with E-state index in [0.717, 1.165) is 5.56 Å². The lowest BCUT2D eigenvalue weighted by atomic mass is 10.0. The number of carbonyl (C=O) groups is 5. The quantitative estimate of drug-likeness (QED) is 0.345. The minimum atomic E-state index is -0.945. The number of hydrogen-bond donors (Lipinski definition) is 3. The molecule has 0 aliphatic carbocycles. The summed E-state index contributed by atoms with van der Waals surface area (Å²) in [5.74, 6) is -1.61. The van der Waals surface area contributed by atoms with Gasteiger partial charge in [-0.15, -0.1) is 0 Å². The second kappa shape index (κ2) is 15.8. The summed E-state index contributed by atoms with van der Waals surface area (Å²) in [5.41, 5.74) is 0.854.